The summed E-state index contributed by atoms with van der Waals surface area (Å²) in [5.41, 5.74) is 0. The zero-order chi connectivity index (χ0) is 9.52. The Bertz CT molecular complexity index is 169. The molecule has 0 radical (unpaired) electrons. The Kier molecular flexibility index (Phi) is 9.79. The molecule has 1 rings (SSSR count). The van der Waals surface area contributed by atoms with Crippen molar-refractivity contribution in [2.45, 2.75) is 57.6 Å². The van der Waals surface area contributed by atoms with Gasteiger partial charge in [0.15, 0.2) is 0 Å². The fourth-order valence-electron chi connectivity index (χ4n) is 1.40. The van der Waals surface area contributed by atoms with E-state index in [4.69, 9.17) is 0 Å². The van der Waals surface area contributed by atoms with Crippen LogP contribution in [-0.4, -0.2) is 5.25 Å². The van der Waals surface area contributed by atoms with Crippen LogP contribution in [0, 0.1) is 0 Å². The van der Waals surface area contributed by atoms with Crippen molar-refractivity contribution in [3.8, 4) is 0 Å². The predicted molar refractivity (Wildman–Crippen MR) is 66.1 cm³/mol. The van der Waals surface area contributed by atoms with Crippen molar-refractivity contribution >= 4 is 21.6 Å². The largest absolute Gasteiger partial charge is 0.0816 e. The molecular weight excluding hydrogens is 255 g/mol. The predicted octanol–water partition coefficient (Wildman–Crippen LogP) is 5.01. The van der Waals surface area contributed by atoms with Crippen LogP contribution in [0.5, 0.6) is 0 Å². The molecular formula is C11H20NiS2. The van der Waals surface area contributed by atoms with E-state index in [0.717, 1.165) is 5.25 Å². The molecule has 1 aliphatic rings. The van der Waals surface area contributed by atoms with E-state index in [1.807, 2.05) is 10.8 Å². The Morgan fingerprint density at radius 3 is 2.57 bits per heavy atom. The maximum absolute atomic E-state index is 2.50. The van der Waals surface area contributed by atoms with Gasteiger partial charge in [-0.3, -0.25) is 0 Å². The van der Waals surface area contributed by atoms with Gasteiger partial charge in [-0.2, -0.15) is 0 Å². The second kappa shape index (κ2) is 9.18. The summed E-state index contributed by atoms with van der Waals surface area (Å²) < 4.78 is 0. The van der Waals surface area contributed by atoms with Crippen LogP contribution in [0.25, 0.3) is 0 Å². The van der Waals surface area contributed by atoms with E-state index in [1.165, 1.54) is 38.5 Å². The second-order valence-corrected chi connectivity index (χ2v) is 6.16. The monoisotopic (exact) mass is 274 g/mol. The van der Waals surface area contributed by atoms with E-state index in [-0.39, 0.29) is 16.5 Å². The first-order valence-electron chi connectivity index (χ1n) is 5.40. The summed E-state index contributed by atoms with van der Waals surface area (Å²) in [5, 5.41) is 0.816. The molecule has 0 saturated heterocycles. The second-order valence-electron chi connectivity index (χ2n) is 3.60. The summed E-state index contributed by atoms with van der Waals surface area (Å²) in [6, 6.07) is 0. The molecule has 0 fully saturated rings. The third-order valence-electron chi connectivity index (χ3n) is 2.27. The maximum atomic E-state index is 2.50. The van der Waals surface area contributed by atoms with Crippen molar-refractivity contribution in [1.29, 1.82) is 0 Å². The number of hydrogen-bond acceptors (Lipinski definition) is 2. The Morgan fingerprint density at radius 1 is 1.21 bits per heavy atom. The van der Waals surface area contributed by atoms with Gasteiger partial charge in [-0.1, -0.05) is 60.8 Å². The van der Waals surface area contributed by atoms with E-state index in [9.17, 15) is 0 Å². The van der Waals surface area contributed by atoms with Gasteiger partial charge in [0, 0.05) is 21.7 Å². The van der Waals surface area contributed by atoms with Crippen LogP contribution in [-0.2, 0) is 16.5 Å². The Hall–Kier alpha value is 0.934. The molecule has 86 valence electrons. The molecule has 0 saturated carbocycles. The minimum Gasteiger partial charge on any atom is -0.0816 e. The minimum atomic E-state index is 0. The topological polar surface area (TPSA) is 0 Å². The normalized spacial score (nSPS) is 20.4. The molecule has 1 atom stereocenters. The molecule has 0 nitrogen and oxygen atoms in total. The van der Waals surface area contributed by atoms with Crippen LogP contribution in [0.2, 0.25) is 0 Å². The zero-order valence-corrected chi connectivity index (χ0v) is 11.7. The molecule has 0 aromatic carbocycles. The fraction of sp³-hybridized carbons (Fsp3) is 0.818. The first-order chi connectivity index (χ1) is 6.36. The summed E-state index contributed by atoms with van der Waals surface area (Å²) in [7, 11) is 4.08. The summed E-state index contributed by atoms with van der Waals surface area (Å²) in [5.74, 6) is 0. The van der Waals surface area contributed by atoms with E-state index in [2.05, 4.69) is 30.7 Å². The van der Waals surface area contributed by atoms with Crippen LogP contribution in [0.4, 0.5) is 0 Å². The third-order valence-corrected chi connectivity index (χ3v) is 5.21. The van der Waals surface area contributed by atoms with Crippen molar-refractivity contribution in [3.05, 3.63) is 11.0 Å². The summed E-state index contributed by atoms with van der Waals surface area (Å²) >= 11 is 0. The van der Waals surface area contributed by atoms with E-state index in [1.54, 1.807) is 4.91 Å². The third kappa shape index (κ3) is 5.73. The molecule has 0 spiro atoms. The van der Waals surface area contributed by atoms with Gasteiger partial charge in [0.25, 0.3) is 0 Å². The number of rotatable bonds is 6. The van der Waals surface area contributed by atoms with Crippen LogP contribution in [0.3, 0.4) is 0 Å². The van der Waals surface area contributed by atoms with Crippen molar-refractivity contribution in [1.82, 2.24) is 0 Å². The van der Waals surface area contributed by atoms with Gasteiger partial charge < -0.3 is 0 Å². The van der Waals surface area contributed by atoms with Gasteiger partial charge >= 0.3 is 0 Å². The molecule has 0 aromatic rings. The molecule has 0 aromatic heterocycles. The molecule has 0 N–H and O–H groups in total. The molecule has 1 aliphatic heterocycles. The fourth-order valence-corrected chi connectivity index (χ4v) is 4.28. The quantitative estimate of drug-likeness (QED) is 0.493. The SMILES string of the molecule is CCCCC1=CC(CCCC)SS1.[Ni]. The van der Waals surface area contributed by atoms with E-state index in [0.29, 0.717) is 0 Å². The van der Waals surface area contributed by atoms with Gasteiger partial charge in [0.1, 0.15) is 0 Å². The van der Waals surface area contributed by atoms with Gasteiger partial charge in [-0.15, -0.1) is 0 Å². The van der Waals surface area contributed by atoms with Crippen molar-refractivity contribution in [2.75, 3.05) is 0 Å². The molecule has 1 heterocycles. The zero-order valence-electron chi connectivity index (χ0n) is 9.03. The van der Waals surface area contributed by atoms with Crippen LogP contribution >= 0.6 is 21.6 Å². The first-order valence-corrected chi connectivity index (χ1v) is 7.62. The summed E-state index contributed by atoms with van der Waals surface area (Å²) in [6.07, 6.45) is 10.6. The van der Waals surface area contributed by atoms with Crippen molar-refractivity contribution < 1.29 is 16.5 Å². The molecule has 0 bridgehead atoms. The van der Waals surface area contributed by atoms with Gasteiger partial charge in [-0.25, -0.2) is 0 Å². The molecule has 1 unspecified atom stereocenters. The molecule has 0 aliphatic carbocycles. The summed E-state index contributed by atoms with van der Waals surface area (Å²) in [4.78, 5) is 1.63. The Morgan fingerprint density at radius 2 is 1.93 bits per heavy atom. The van der Waals surface area contributed by atoms with Gasteiger partial charge in [0.05, 0.1) is 0 Å². The van der Waals surface area contributed by atoms with Gasteiger partial charge in [0.2, 0.25) is 0 Å². The van der Waals surface area contributed by atoms with Crippen LogP contribution < -0.4 is 0 Å². The standard InChI is InChI=1S/C11H20S2.Ni/c1-3-5-7-10-9-11(13-12-10)8-6-4-2;/h9-10H,3-8H2,1-2H3;. The molecule has 14 heavy (non-hydrogen) atoms. The number of allylic oxidation sites excluding steroid dienone is 1. The average Bonchev–Trinajstić information content (AvgIpc) is 2.59. The van der Waals surface area contributed by atoms with Crippen molar-refractivity contribution in [3.63, 3.8) is 0 Å². The van der Waals surface area contributed by atoms with E-state index < -0.39 is 0 Å². The van der Waals surface area contributed by atoms with Crippen molar-refractivity contribution in [2.24, 2.45) is 0 Å². The van der Waals surface area contributed by atoms with E-state index >= 15 is 0 Å². The van der Waals surface area contributed by atoms with Gasteiger partial charge in [-0.05, 0) is 24.2 Å². The smallest absolute Gasteiger partial charge is 0.0345 e. The Labute approximate surface area is 106 Å². The number of hydrogen-bond donors (Lipinski definition) is 0. The molecule has 0 amide bonds. The first kappa shape index (κ1) is 14.9. The minimum absolute atomic E-state index is 0. The van der Waals surface area contributed by atoms with Crippen LogP contribution in [0.1, 0.15) is 52.4 Å². The maximum Gasteiger partial charge on any atom is 0.0345 e. The van der Waals surface area contributed by atoms with Crippen LogP contribution in [0.15, 0.2) is 11.0 Å². The number of unbranched alkanes of at least 4 members (excludes halogenated alkanes) is 2. The molecule has 3 heteroatoms. The summed E-state index contributed by atoms with van der Waals surface area (Å²) in [6.45, 7) is 4.54. The average molecular weight is 275 g/mol. The Balaban J connectivity index is 0.00000169.